The van der Waals surface area contributed by atoms with Crippen LogP contribution in [0, 0.1) is 0 Å². The fraction of sp³-hybridized carbons (Fsp3) is 0.0952. The van der Waals surface area contributed by atoms with Gasteiger partial charge in [-0.1, -0.05) is 54.1 Å². The minimum absolute atomic E-state index is 0.214. The Labute approximate surface area is 160 Å². The summed E-state index contributed by atoms with van der Waals surface area (Å²) >= 11 is 6.03. The Morgan fingerprint density at radius 1 is 0.963 bits per heavy atom. The number of pyridine rings is 1. The van der Waals surface area contributed by atoms with Crippen molar-refractivity contribution < 1.29 is 4.74 Å². The highest BCUT2D eigenvalue weighted by Gasteiger charge is 2.17. The topological polar surface area (TPSA) is 57.0 Å². The van der Waals surface area contributed by atoms with E-state index in [-0.39, 0.29) is 11.6 Å². The zero-order chi connectivity index (χ0) is 19.0. The van der Waals surface area contributed by atoms with Gasteiger partial charge in [0.05, 0.1) is 18.2 Å². The first-order chi connectivity index (χ1) is 13.1. The number of fused-ring (bicyclic) bond motifs is 1. The Balaban J connectivity index is 2.10. The van der Waals surface area contributed by atoms with Gasteiger partial charge in [-0.2, -0.15) is 4.98 Å². The largest absolute Gasteiger partial charge is 0.468 e. The molecule has 0 amide bonds. The molecule has 0 N–H and O–H groups in total. The lowest BCUT2D eigenvalue weighted by atomic mass is 10.0. The van der Waals surface area contributed by atoms with Crippen LogP contribution in [0.3, 0.4) is 0 Å². The summed E-state index contributed by atoms with van der Waals surface area (Å²) in [5.41, 5.74) is 3.43. The van der Waals surface area contributed by atoms with Crippen LogP contribution >= 0.6 is 11.6 Å². The van der Waals surface area contributed by atoms with Gasteiger partial charge in [0.1, 0.15) is 0 Å². The molecule has 0 bridgehead atoms. The first-order valence-corrected chi connectivity index (χ1v) is 8.73. The van der Waals surface area contributed by atoms with E-state index in [2.05, 4.69) is 9.97 Å². The number of ether oxygens (including phenoxy) is 1. The molecular weight excluding hydrogens is 362 g/mol. The maximum Gasteiger partial charge on any atom is 0.300 e. The average molecular weight is 378 g/mol. The van der Waals surface area contributed by atoms with Crippen molar-refractivity contribution in [1.29, 1.82) is 0 Å². The predicted octanol–water partition coefficient (Wildman–Crippen LogP) is 4.32. The van der Waals surface area contributed by atoms with Gasteiger partial charge in [-0.15, -0.1) is 0 Å². The van der Waals surface area contributed by atoms with Crippen LogP contribution in [0.5, 0.6) is 6.01 Å². The highest BCUT2D eigenvalue weighted by Crippen LogP contribution is 2.31. The number of rotatable bonds is 3. The van der Waals surface area contributed by atoms with Gasteiger partial charge in [-0.25, -0.2) is 4.98 Å². The summed E-state index contributed by atoms with van der Waals surface area (Å²) in [5, 5.41) is 1.08. The van der Waals surface area contributed by atoms with Crippen molar-refractivity contribution in [3.05, 3.63) is 76.0 Å². The lowest BCUT2D eigenvalue weighted by molar-refractivity contribution is 0.359. The molecule has 4 aromatic rings. The number of hydrogen-bond acceptors (Lipinski definition) is 4. The van der Waals surface area contributed by atoms with Crippen molar-refractivity contribution in [2.75, 3.05) is 7.11 Å². The summed E-state index contributed by atoms with van der Waals surface area (Å²) in [6.07, 6.45) is 0. The third-order valence-corrected chi connectivity index (χ3v) is 4.67. The van der Waals surface area contributed by atoms with Gasteiger partial charge in [-0.3, -0.25) is 9.36 Å². The molecule has 0 saturated heterocycles. The summed E-state index contributed by atoms with van der Waals surface area (Å²) in [6, 6.07) is 19.3. The lowest BCUT2D eigenvalue weighted by Crippen LogP contribution is -2.21. The standard InChI is InChI=1S/C21H16ClN3O2/c1-25-20(26)18-16(13-8-10-15(22)11-9-13)12-17(14-6-4-3-5-7-14)23-19(18)24-21(25)27-2/h3-12H,1-2H3. The molecule has 134 valence electrons. The van der Waals surface area contributed by atoms with Crippen molar-refractivity contribution in [2.24, 2.45) is 7.05 Å². The van der Waals surface area contributed by atoms with E-state index < -0.39 is 0 Å². The first-order valence-electron chi connectivity index (χ1n) is 8.35. The van der Waals surface area contributed by atoms with Crippen LogP contribution < -0.4 is 10.3 Å². The van der Waals surface area contributed by atoms with Crippen LogP contribution in [0.2, 0.25) is 5.02 Å². The van der Waals surface area contributed by atoms with E-state index in [9.17, 15) is 4.79 Å². The predicted molar refractivity (Wildman–Crippen MR) is 107 cm³/mol. The average Bonchev–Trinajstić information content (AvgIpc) is 2.71. The van der Waals surface area contributed by atoms with E-state index in [4.69, 9.17) is 16.3 Å². The molecule has 27 heavy (non-hydrogen) atoms. The lowest BCUT2D eigenvalue weighted by Gasteiger charge is -2.12. The summed E-state index contributed by atoms with van der Waals surface area (Å²) in [5.74, 6) is 0. The highest BCUT2D eigenvalue weighted by molar-refractivity contribution is 6.30. The fourth-order valence-electron chi connectivity index (χ4n) is 3.04. The monoisotopic (exact) mass is 377 g/mol. The second kappa shape index (κ2) is 6.85. The molecule has 6 heteroatoms. The molecule has 4 rings (SSSR count). The molecule has 0 unspecified atom stereocenters. The highest BCUT2D eigenvalue weighted by atomic mass is 35.5. The molecule has 0 radical (unpaired) electrons. The molecule has 0 atom stereocenters. The summed E-state index contributed by atoms with van der Waals surface area (Å²) in [7, 11) is 3.11. The van der Waals surface area contributed by atoms with E-state index in [1.54, 1.807) is 19.2 Å². The molecule has 0 spiro atoms. The number of halogens is 1. The van der Waals surface area contributed by atoms with Crippen LogP contribution in [0.1, 0.15) is 0 Å². The molecule has 2 aromatic carbocycles. The fourth-order valence-corrected chi connectivity index (χ4v) is 3.17. The molecule has 0 aliphatic carbocycles. The molecular formula is C21H16ClN3O2. The zero-order valence-electron chi connectivity index (χ0n) is 14.8. The van der Waals surface area contributed by atoms with Gasteiger partial charge in [0, 0.05) is 23.2 Å². The molecule has 0 aliphatic rings. The molecule has 2 heterocycles. The van der Waals surface area contributed by atoms with Gasteiger partial charge in [0.2, 0.25) is 0 Å². The number of benzene rings is 2. The number of nitrogens with zero attached hydrogens (tertiary/aromatic N) is 3. The minimum Gasteiger partial charge on any atom is -0.468 e. The number of hydrogen-bond donors (Lipinski definition) is 0. The van der Waals surface area contributed by atoms with E-state index in [1.807, 2.05) is 48.5 Å². The Hall–Kier alpha value is -3.18. The first kappa shape index (κ1) is 17.2. The Bertz CT molecular complexity index is 1190. The van der Waals surface area contributed by atoms with Gasteiger partial charge < -0.3 is 4.74 Å². The Morgan fingerprint density at radius 3 is 2.33 bits per heavy atom. The molecule has 5 nitrogen and oxygen atoms in total. The van der Waals surface area contributed by atoms with Crippen LogP contribution in [0.4, 0.5) is 0 Å². The van der Waals surface area contributed by atoms with E-state index in [1.165, 1.54) is 11.7 Å². The molecule has 0 saturated carbocycles. The third kappa shape index (κ3) is 3.06. The van der Waals surface area contributed by atoms with Crippen LogP contribution in [0.15, 0.2) is 65.5 Å². The van der Waals surface area contributed by atoms with Crippen molar-refractivity contribution >= 4 is 22.6 Å². The maximum atomic E-state index is 13.0. The quantitative estimate of drug-likeness (QED) is 0.533. The maximum absolute atomic E-state index is 13.0. The third-order valence-electron chi connectivity index (χ3n) is 4.41. The van der Waals surface area contributed by atoms with Gasteiger partial charge in [0.15, 0.2) is 5.65 Å². The molecule has 0 aliphatic heterocycles. The summed E-state index contributed by atoms with van der Waals surface area (Å²) in [6.45, 7) is 0. The summed E-state index contributed by atoms with van der Waals surface area (Å²) < 4.78 is 6.62. The van der Waals surface area contributed by atoms with E-state index in [0.29, 0.717) is 16.1 Å². The van der Waals surface area contributed by atoms with Crippen LogP contribution in [-0.4, -0.2) is 21.6 Å². The van der Waals surface area contributed by atoms with Gasteiger partial charge >= 0.3 is 6.01 Å². The Kier molecular flexibility index (Phi) is 4.38. The SMILES string of the molecule is COc1nc2nc(-c3ccccc3)cc(-c3ccc(Cl)cc3)c2c(=O)n1C. The number of aromatic nitrogens is 3. The normalized spacial score (nSPS) is 10.9. The van der Waals surface area contributed by atoms with Crippen molar-refractivity contribution in [2.45, 2.75) is 0 Å². The molecule has 0 fully saturated rings. The number of methoxy groups -OCH3 is 1. The van der Waals surface area contributed by atoms with Crippen molar-refractivity contribution in [3.8, 4) is 28.4 Å². The van der Waals surface area contributed by atoms with Crippen LogP contribution in [-0.2, 0) is 7.05 Å². The summed E-state index contributed by atoms with van der Waals surface area (Å²) in [4.78, 5) is 22.1. The van der Waals surface area contributed by atoms with Crippen molar-refractivity contribution in [1.82, 2.24) is 14.5 Å². The van der Waals surface area contributed by atoms with E-state index >= 15 is 0 Å². The van der Waals surface area contributed by atoms with Crippen molar-refractivity contribution in [3.63, 3.8) is 0 Å². The van der Waals surface area contributed by atoms with Gasteiger partial charge in [0.25, 0.3) is 5.56 Å². The Morgan fingerprint density at radius 2 is 1.67 bits per heavy atom. The zero-order valence-corrected chi connectivity index (χ0v) is 15.6. The second-order valence-corrected chi connectivity index (χ2v) is 6.53. The second-order valence-electron chi connectivity index (χ2n) is 6.09. The molecule has 2 aromatic heterocycles. The smallest absolute Gasteiger partial charge is 0.300 e. The van der Waals surface area contributed by atoms with Crippen LogP contribution in [0.25, 0.3) is 33.4 Å². The van der Waals surface area contributed by atoms with Gasteiger partial charge in [-0.05, 0) is 23.8 Å². The minimum atomic E-state index is -0.214. The van der Waals surface area contributed by atoms with E-state index in [0.717, 1.165) is 22.4 Å².